The van der Waals surface area contributed by atoms with Gasteiger partial charge in [0.2, 0.25) is 0 Å². The zero-order valence-corrected chi connectivity index (χ0v) is 21.1. The van der Waals surface area contributed by atoms with Gasteiger partial charge in [0.15, 0.2) is 0 Å². The van der Waals surface area contributed by atoms with Crippen molar-refractivity contribution in [1.29, 1.82) is 0 Å². The van der Waals surface area contributed by atoms with Crippen molar-refractivity contribution in [3.8, 4) is 22.3 Å². The van der Waals surface area contributed by atoms with E-state index in [1.54, 1.807) is 12.1 Å². The van der Waals surface area contributed by atoms with Crippen LogP contribution in [0.25, 0.3) is 22.3 Å². The molecule has 1 fully saturated rings. The van der Waals surface area contributed by atoms with Gasteiger partial charge in [-0.15, -0.1) is 0 Å². The smallest absolute Gasteiger partial charge is 0.134 e. The lowest BCUT2D eigenvalue weighted by Gasteiger charge is -2.42. The first-order chi connectivity index (χ1) is 17.5. The maximum absolute atomic E-state index is 16.2. The number of halogens is 4. The van der Waals surface area contributed by atoms with Gasteiger partial charge in [0, 0.05) is 0 Å². The molecule has 1 aliphatic rings. The predicted octanol–water partition coefficient (Wildman–Crippen LogP) is 10.2. The molecular formula is C32H36F4. The summed E-state index contributed by atoms with van der Waals surface area (Å²) in [6.45, 7) is 1.44. The molecule has 0 N–H and O–H groups in total. The van der Waals surface area contributed by atoms with Crippen LogP contribution >= 0.6 is 0 Å². The van der Waals surface area contributed by atoms with E-state index in [0.29, 0.717) is 30.4 Å². The highest BCUT2D eigenvalue weighted by Gasteiger charge is 2.45. The maximum Gasteiger partial charge on any atom is 0.134 e. The molecule has 0 heterocycles. The van der Waals surface area contributed by atoms with Crippen molar-refractivity contribution >= 4 is 0 Å². The molecule has 0 aromatic heterocycles. The van der Waals surface area contributed by atoms with Gasteiger partial charge in [-0.3, -0.25) is 4.39 Å². The van der Waals surface area contributed by atoms with E-state index >= 15 is 13.2 Å². The summed E-state index contributed by atoms with van der Waals surface area (Å²) >= 11 is 0. The van der Waals surface area contributed by atoms with Crippen molar-refractivity contribution in [2.75, 3.05) is 6.67 Å². The Bertz CT molecular complexity index is 1090. The third kappa shape index (κ3) is 5.85. The minimum Gasteiger partial charge on any atom is -0.251 e. The quantitative estimate of drug-likeness (QED) is 0.193. The fourth-order valence-corrected chi connectivity index (χ4v) is 6.03. The van der Waals surface area contributed by atoms with Crippen LogP contribution < -0.4 is 0 Å². The number of benzene rings is 3. The van der Waals surface area contributed by atoms with E-state index in [2.05, 4.69) is 6.92 Å². The summed E-state index contributed by atoms with van der Waals surface area (Å²) in [5.41, 5.74) is 1.28. The summed E-state index contributed by atoms with van der Waals surface area (Å²) < 4.78 is 60.7. The summed E-state index contributed by atoms with van der Waals surface area (Å²) in [4.78, 5) is 0. The van der Waals surface area contributed by atoms with E-state index in [9.17, 15) is 4.39 Å². The number of rotatable bonds is 10. The molecule has 0 aliphatic heterocycles. The Balaban J connectivity index is 1.63. The van der Waals surface area contributed by atoms with Gasteiger partial charge in [0.05, 0.1) is 12.2 Å². The Labute approximate surface area is 212 Å². The average molecular weight is 497 g/mol. The summed E-state index contributed by atoms with van der Waals surface area (Å²) in [6, 6.07) is 19.5. The van der Waals surface area contributed by atoms with Crippen LogP contribution in [0, 0.1) is 17.6 Å². The molecule has 4 heteroatoms. The Hall–Kier alpha value is -2.62. The minimum absolute atomic E-state index is 0.0775. The summed E-state index contributed by atoms with van der Waals surface area (Å²) in [6.07, 6.45) is 5.99. The third-order valence-corrected chi connectivity index (χ3v) is 7.90. The Morgan fingerprint density at radius 2 is 1.50 bits per heavy atom. The first-order valence-electron chi connectivity index (χ1n) is 13.4. The van der Waals surface area contributed by atoms with Gasteiger partial charge in [-0.1, -0.05) is 93.6 Å². The van der Waals surface area contributed by atoms with Crippen molar-refractivity contribution in [2.45, 2.75) is 76.3 Å². The van der Waals surface area contributed by atoms with E-state index in [4.69, 9.17) is 0 Å². The van der Waals surface area contributed by atoms with E-state index < -0.39 is 35.8 Å². The predicted molar refractivity (Wildman–Crippen MR) is 141 cm³/mol. The van der Waals surface area contributed by atoms with Crippen LogP contribution in [-0.4, -0.2) is 12.3 Å². The fraction of sp³-hybridized carbons (Fsp3) is 0.438. The summed E-state index contributed by atoms with van der Waals surface area (Å²) in [5, 5.41) is 0. The van der Waals surface area contributed by atoms with Crippen molar-refractivity contribution in [3.63, 3.8) is 0 Å². The van der Waals surface area contributed by atoms with Crippen LogP contribution in [0.2, 0.25) is 0 Å². The zero-order valence-electron chi connectivity index (χ0n) is 21.1. The van der Waals surface area contributed by atoms with Gasteiger partial charge in [-0.05, 0) is 71.9 Å². The molecule has 0 bridgehead atoms. The molecular weight excluding hydrogens is 460 g/mol. The van der Waals surface area contributed by atoms with Gasteiger partial charge in [0.1, 0.15) is 17.3 Å². The number of unbranched alkanes of at least 4 members (excludes halogenated alkanes) is 2. The molecule has 192 valence electrons. The maximum atomic E-state index is 16.2. The van der Waals surface area contributed by atoms with Crippen LogP contribution in [0.5, 0.6) is 0 Å². The van der Waals surface area contributed by atoms with Crippen molar-refractivity contribution in [1.82, 2.24) is 0 Å². The molecule has 0 spiro atoms. The highest BCUT2D eigenvalue weighted by Crippen LogP contribution is 2.49. The van der Waals surface area contributed by atoms with Gasteiger partial charge >= 0.3 is 0 Å². The Morgan fingerprint density at radius 1 is 0.861 bits per heavy atom. The van der Waals surface area contributed by atoms with Gasteiger partial charge in [-0.25, -0.2) is 13.2 Å². The first kappa shape index (κ1) is 26.4. The molecule has 0 saturated heterocycles. The number of hydrogen-bond acceptors (Lipinski definition) is 0. The molecule has 3 aromatic rings. The van der Waals surface area contributed by atoms with E-state index in [1.165, 1.54) is 12.1 Å². The molecule has 36 heavy (non-hydrogen) atoms. The van der Waals surface area contributed by atoms with E-state index in [1.807, 2.05) is 42.5 Å². The lowest BCUT2D eigenvalue weighted by molar-refractivity contribution is 0.00912. The molecule has 0 radical (unpaired) electrons. The van der Waals surface area contributed by atoms with Crippen molar-refractivity contribution < 1.29 is 17.6 Å². The van der Waals surface area contributed by atoms with Crippen LogP contribution in [0.4, 0.5) is 17.6 Å². The van der Waals surface area contributed by atoms with Crippen molar-refractivity contribution in [3.05, 3.63) is 83.9 Å². The lowest BCUT2D eigenvalue weighted by atomic mass is 9.66. The van der Waals surface area contributed by atoms with Crippen LogP contribution in [0.3, 0.4) is 0 Å². The van der Waals surface area contributed by atoms with Gasteiger partial charge in [-0.2, -0.15) is 0 Å². The molecule has 3 atom stereocenters. The molecule has 1 aliphatic carbocycles. The summed E-state index contributed by atoms with van der Waals surface area (Å²) in [5.74, 6) is -2.34. The van der Waals surface area contributed by atoms with Gasteiger partial charge in [0.25, 0.3) is 0 Å². The lowest BCUT2D eigenvalue weighted by Crippen LogP contribution is -2.40. The van der Waals surface area contributed by atoms with E-state index in [-0.39, 0.29) is 12.0 Å². The third-order valence-electron chi connectivity index (χ3n) is 7.90. The normalized spacial score (nSPS) is 20.9. The van der Waals surface area contributed by atoms with E-state index in [0.717, 1.165) is 43.2 Å². The molecule has 4 rings (SSSR count). The summed E-state index contributed by atoms with van der Waals surface area (Å²) in [7, 11) is 0. The number of hydrogen-bond donors (Lipinski definition) is 0. The Morgan fingerprint density at radius 3 is 2.14 bits per heavy atom. The molecule has 1 saturated carbocycles. The molecule has 3 aromatic carbocycles. The van der Waals surface area contributed by atoms with Crippen LogP contribution in [0.15, 0.2) is 66.7 Å². The van der Waals surface area contributed by atoms with Gasteiger partial charge < -0.3 is 0 Å². The topological polar surface area (TPSA) is 0 Å². The molecule has 3 unspecified atom stereocenters. The highest BCUT2D eigenvalue weighted by molar-refractivity contribution is 5.71. The largest absolute Gasteiger partial charge is 0.251 e. The van der Waals surface area contributed by atoms with Crippen molar-refractivity contribution in [2.24, 2.45) is 5.92 Å². The SMILES string of the molecule is CCCCCC1(F)CCCCC1C(CCF)c1cc(F)c(-c2ccc(-c3ccccc3)cc2)c(F)c1. The molecule has 0 amide bonds. The highest BCUT2D eigenvalue weighted by atomic mass is 19.1. The first-order valence-corrected chi connectivity index (χ1v) is 13.4. The minimum atomic E-state index is -1.41. The second-order valence-electron chi connectivity index (χ2n) is 10.2. The second-order valence-corrected chi connectivity index (χ2v) is 10.2. The standard InChI is InChI=1S/C32H36F4/c1-2-3-8-18-32(36)19-9-7-12-28(32)27(17-20-33)26-21-29(34)31(30(35)22-26)25-15-13-24(14-16-25)23-10-5-4-6-11-23/h4-6,10-11,13-16,21-22,27-28H,2-3,7-9,12,17-20H2,1H3. The fourth-order valence-electron chi connectivity index (χ4n) is 6.03. The average Bonchev–Trinajstić information content (AvgIpc) is 2.88. The zero-order chi connectivity index (χ0) is 25.5. The monoisotopic (exact) mass is 496 g/mol. The van der Waals surface area contributed by atoms with Crippen LogP contribution in [0.1, 0.15) is 76.2 Å². The Kier molecular flexibility index (Phi) is 8.87. The van der Waals surface area contributed by atoms with Crippen LogP contribution in [-0.2, 0) is 0 Å². The molecule has 0 nitrogen and oxygen atoms in total. The second kappa shape index (κ2) is 12.1. The number of alkyl halides is 2.